The Kier molecular flexibility index (Phi) is 5.03. The number of rotatable bonds is 5. The summed E-state index contributed by atoms with van der Waals surface area (Å²) in [6, 6.07) is 9.46. The molecule has 0 aromatic heterocycles. The van der Waals surface area contributed by atoms with Gasteiger partial charge in [0, 0.05) is 17.5 Å². The quantitative estimate of drug-likeness (QED) is 0.893. The average Bonchev–Trinajstić information content (AvgIpc) is 2.98. The van der Waals surface area contributed by atoms with Gasteiger partial charge < -0.3 is 10.2 Å². The molecule has 110 valence electrons. The number of thioether (sulfide) groups is 1. The number of nitrogens with one attached hydrogen (secondary N) is 1. The Labute approximate surface area is 127 Å². The number of fused-ring (bicyclic) bond motifs is 1. The molecule has 2 nitrogen and oxygen atoms in total. The van der Waals surface area contributed by atoms with Gasteiger partial charge in [-0.15, -0.1) is 11.8 Å². The van der Waals surface area contributed by atoms with Crippen LogP contribution >= 0.6 is 11.8 Å². The summed E-state index contributed by atoms with van der Waals surface area (Å²) >= 11 is 2.00. The van der Waals surface area contributed by atoms with Crippen LogP contribution in [0.1, 0.15) is 37.8 Å². The third-order valence-corrected chi connectivity index (χ3v) is 5.56. The van der Waals surface area contributed by atoms with Gasteiger partial charge >= 0.3 is 0 Å². The van der Waals surface area contributed by atoms with Gasteiger partial charge in [-0.05, 0) is 62.2 Å². The lowest BCUT2D eigenvalue weighted by Gasteiger charge is -2.28. The van der Waals surface area contributed by atoms with Crippen LogP contribution in [0.4, 0.5) is 0 Å². The lowest BCUT2D eigenvalue weighted by Crippen LogP contribution is -2.34. The lowest BCUT2D eigenvalue weighted by atomic mass is 10.0. The summed E-state index contributed by atoms with van der Waals surface area (Å²) in [5, 5.41) is 3.81. The van der Waals surface area contributed by atoms with Gasteiger partial charge in [-0.3, -0.25) is 0 Å². The summed E-state index contributed by atoms with van der Waals surface area (Å²) < 4.78 is 0. The van der Waals surface area contributed by atoms with Gasteiger partial charge in [-0.25, -0.2) is 0 Å². The van der Waals surface area contributed by atoms with Crippen molar-refractivity contribution in [3.05, 3.63) is 29.8 Å². The largest absolute Gasteiger partial charge is 0.310 e. The Morgan fingerprint density at radius 1 is 1.30 bits per heavy atom. The Balaban J connectivity index is 1.51. The zero-order valence-electron chi connectivity index (χ0n) is 12.5. The van der Waals surface area contributed by atoms with Crippen LogP contribution in [0, 0.1) is 5.92 Å². The second kappa shape index (κ2) is 6.97. The van der Waals surface area contributed by atoms with Gasteiger partial charge in [-0.2, -0.15) is 0 Å². The maximum atomic E-state index is 3.81. The second-order valence-corrected chi connectivity index (χ2v) is 7.39. The topological polar surface area (TPSA) is 15.3 Å². The third-order valence-electron chi connectivity index (χ3n) is 4.44. The van der Waals surface area contributed by atoms with Crippen molar-refractivity contribution < 1.29 is 0 Å². The number of nitrogens with zero attached hydrogens (tertiary/aromatic N) is 1. The van der Waals surface area contributed by atoms with Gasteiger partial charge in [0.15, 0.2) is 0 Å². The number of benzene rings is 1. The van der Waals surface area contributed by atoms with E-state index in [9.17, 15) is 0 Å². The van der Waals surface area contributed by atoms with E-state index in [0.29, 0.717) is 6.04 Å². The number of likely N-dealkylation sites (tertiary alicyclic amines) is 1. The summed E-state index contributed by atoms with van der Waals surface area (Å²) in [7, 11) is 0. The molecule has 20 heavy (non-hydrogen) atoms. The third kappa shape index (κ3) is 3.57. The number of hydrogen-bond acceptors (Lipinski definition) is 3. The first-order valence-corrected chi connectivity index (χ1v) is 8.99. The van der Waals surface area contributed by atoms with Crippen LogP contribution in [-0.2, 0) is 0 Å². The van der Waals surface area contributed by atoms with Crippen molar-refractivity contribution in [3.8, 4) is 0 Å². The fourth-order valence-corrected chi connectivity index (χ4v) is 4.49. The molecule has 0 bridgehead atoms. The predicted molar refractivity (Wildman–Crippen MR) is 87.4 cm³/mol. The van der Waals surface area contributed by atoms with Crippen molar-refractivity contribution in [1.29, 1.82) is 0 Å². The van der Waals surface area contributed by atoms with Crippen molar-refractivity contribution in [2.24, 2.45) is 5.92 Å². The Bertz CT molecular complexity index is 429. The zero-order valence-corrected chi connectivity index (χ0v) is 13.3. The van der Waals surface area contributed by atoms with Crippen LogP contribution in [0.2, 0.25) is 0 Å². The minimum atomic E-state index is 0.563. The molecule has 2 unspecified atom stereocenters. The lowest BCUT2D eigenvalue weighted by molar-refractivity contribution is 0.277. The normalized spacial score (nSPS) is 24.6. The maximum absolute atomic E-state index is 3.81. The molecule has 3 heteroatoms. The van der Waals surface area contributed by atoms with Crippen LogP contribution < -0.4 is 5.32 Å². The standard InChI is InChI=1S/C17H26N2S/c1-14(13-19-9-4-5-10-19)12-18-16-8-11-20-17-7-3-2-6-15(16)17/h2-3,6-7,14,16,18H,4-5,8-13H2,1H3. The molecular weight excluding hydrogens is 264 g/mol. The first kappa shape index (κ1) is 14.4. The molecule has 1 aromatic rings. The maximum Gasteiger partial charge on any atom is 0.0339 e. The van der Waals surface area contributed by atoms with E-state index < -0.39 is 0 Å². The van der Waals surface area contributed by atoms with Crippen LogP contribution in [0.25, 0.3) is 0 Å². The molecule has 2 aliphatic heterocycles. The Morgan fingerprint density at radius 3 is 2.95 bits per heavy atom. The predicted octanol–water partition coefficient (Wildman–Crippen LogP) is 3.55. The highest BCUT2D eigenvalue weighted by atomic mass is 32.2. The van der Waals surface area contributed by atoms with E-state index in [-0.39, 0.29) is 0 Å². The van der Waals surface area contributed by atoms with Gasteiger partial charge in [-0.1, -0.05) is 25.1 Å². The van der Waals surface area contributed by atoms with Crippen LogP contribution in [0.5, 0.6) is 0 Å². The van der Waals surface area contributed by atoms with Gasteiger partial charge in [0.2, 0.25) is 0 Å². The average molecular weight is 290 g/mol. The van der Waals surface area contributed by atoms with Crippen molar-refractivity contribution in [3.63, 3.8) is 0 Å². The number of hydrogen-bond donors (Lipinski definition) is 1. The molecule has 2 heterocycles. The molecule has 0 amide bonds. The van der Waals surface area contributed by atoms with E-state index in [1.54, 1.807) is 0 Å². The molecule has 1 fully saturated rings. The fourth-order valence-electron chi connectivity index (χ4n) is 3.37. The minimum absolute atomic E-state index is 0.563. The fraction of sp³-hybridized carbons (Fsp3) is 0.647. The van der Waals surface area contributed by atoms with E-state index in [1.165, 1.54) is 55.1 Å². The van der Waals surface area contributed by atoms with Gasteiger partial charge in [0.05, 0.1) is 0 Å². The van der Waals surface area contributed by atoms with Crippen molar-refractivity contribution in [1.82, 2.24) is 10.2 Å². The van der Waals surface area contributed by atoms with E-state index >= 15 is 0 Å². The monoisotopic (exact) mass is 290 g/mol. The van der Waals surface area contributed by atoms with Gasteiger partial charge in [0.1, 0.15) is 0 Å². The second-order valence-electron chi connectivity index (χ2n) is 6.25. The molecule has 1 saturated heterocycles. The Morgan fingerprint density at radius 2 is 2.10 bits per heavy atom. The summed E-state index contributed by atoms with van der Waals surface area (Å²) in [5.41, 5.74) is 1.51. The minimum Gasteiger partial charge on any atom is -0.310 e. The smallest absolute Gasteiger partial charge is 0.0339 e. The highest BCUT2D eigenvalue weighted by molar-refractivity contribution is 7.99. The van der Waals surface area contributed by atoms with Gasteiger partial charge in [0.25, 0.3) is 0 Å². The molecule has 2 atom stereocenters. The SMILES string of the molecule is CC(CNC1CCSc2ccccc21)CN1CCCC1. The molecular formula is C17H26N2S. The molecule has 2 aliphatic rings. The van der Waals surface area contributed by atoms with Crippen LogP contribution in [0.15, 0.2) is 29.2 Å². The first-order valence-electron chi connectivity index (χ1n) is 8.00. The summed E-state index contributed by atoms with van der Waals surface area (Å²) in [6.45, 7) is 7.41. The van der Waals surface area contributed by atoms with E-state index in [2.05, 4.69) is 41.4 Å². The molecule has 0 spiro atoms. The summed E-state index contributed by atoms with van der Waals surface area (Å²) in [6.07, 6.45) is 4.05. The van der Waals surface area contributed by atoms with Crippen molar-refractivity contribution in [2.75, 3.05) is 31.9 Å². The van der Waals surface area contributed by atoms with Crippen molar-refractivity contribution >= 4 is 11.8 Å². The van der Waals surface area contributed by atoms with Crippen LogP contribution in [-0.4, -0.2) is 36.8 Å². The van der Waals surface area contributed by atoms with Crippen molar-refractivity contribution in [2.45, 2.75) is 37.1 Å². The highest BCUT2D eigenvalue weighted by Crippen LogP contribution is 2.35. The molecule has 0 aliphatic carbocycles. The van der Waals surface area contributed by atoms with E-state index in [1.807, 2.05) is 11.8 Å². The zero-order chi connectivity index (χ0) is 13.8. The molecule has 1 aromatic carbocycles. The molecule has 0 radical (unpaired) electrons. The molecule has 0 saturated carbocycles. The van der Waals surface area contributed by atoms with Crippen LogP contribution in [0.3, 0.4) is 0 Å². The summed E-state index contributed by atoms with van der Waals surface area (Å²) in [4.78, 5) is 4.10. The molecule has 3 rings (SSSR count). The highest BCUT2D eigenvalue weighted by Gasteiger charge is 2.21. The van der Waals surface area contributed by atoms with E-state index in [4.69, 9.17) is 0 Å². The molecule has 1 N–H and O–H groups in total. The first-order chi connectivity index (χ1) is 9.83. The Hall–Kier alpha value is -0.510. The summed E-state index contributed by atoms with van der Waals surface area (Å²) in [5.74, 6) is 1.99. The van der Waals surface area contributed by atoms with E-state index in [0.717, 1.165) is 12.5 Å².